The summed E-state index contributed by atoms with van der Waals surface area (Å²) >= 11 is 7.40. The second kappa shape index (κ2) is 5.96. The number of nitrogens with zero attached hydrogens (tertiary/aromatic N) is 1. The molecule has 0 saturated carbocycles. The zero-order valence-electron chi connectivity index (χ0n) is 9.86. The smallest absolute Gasteiger partial charge is 0.144 e. The minimum absolute atomic E-state index is 0.0465. The second-order valence-corrected chi connectivity index (χ2v) is 5.23. The highest BCUT2D eigenvalue weighted by Crippen LogP contribution is 2.35. The number of benzene rings is 2. The number of thioether (sulfide) groups is 1. The molecule has 0 spiro atoms. The molecular weight excluding hydrogens is 283 g/mol. The highest BCUT2D eigenvalue weighted by atomic mass is 35.5. The molecule has 2 N–H and O–H groups in total. The quantitative estimate of drug-likeness (QED) is 0.680. The van der Waals surface area contributed by atoms with Crippen molar-refractivity contribution in [3.63, 3.8) is 0 Å². The van der Waals surface area contributed by atoms with Crippen LogP contribution in [0.5, 0.6) is 0 Å². The number of nitrogens with two attached hydrogens (primary N) is 1. The lowest BCUT2D eigenvalue weighted by atomic mass is 10.1. The average molecular weight is 293 g/mol. The van der Waals surface area contributed by atoms with Crippen molar-refractivity contribution in [3.05, 3.63) is 58.4 Å². The Kier molecular flexibility index (Phi) is 4.31. The zero-order valence-corrected chi connectivity index (χ0v) is 11.4. The summed E-state index contributed by atoms with van der Waals surface area (Å²) in [7, 11) is 0. The lowest BCUT2D eigenvalue weighted by Gasteiger charge is -2.08. The molecule has 2 rings (SSSR count). The van der Waals surface area contributed by atoms with Crippen molar-refractivity contribution in [3.8, 4) is 6.07 Å². The predicted molar refractivity (Wildman–Crippen MR) is 76.5 cm³/mol. The number of hydrogen-bond donors (Lipinski definition) is 1. The van der Waals surface area contributed by atoms with E-state index in [1.807, 2.05) is 6.07 Å². The lowest BCUT2D eigenvalue weighted by Crippen LogP contribution is -1.93. The average Bonchev–Trinajstić information content (AvgIpc) is 2.40. The van der Waals surface area contributed by atoms with Crippen LogP contribution in [0.4, 0.5) is 10.1 Å². The highest BCUT2D eigenvalue weighted by Gasteiger charge is 2.10. The molecule has 2 aromatic rings. The number of nitrogen functional groups attached to an aromatic ring is 1. The standard InChI is InChI=1S/C14H10ClFN2S/c15-11-5-2-6-12(18)14(11)19-8-10-4-1-3-9(7-17)13(10)16/h1-6H,8,18H2. The summed E-state index contributed by atoms with van der Waals surface area (Å²) < 4.78 is 13.9. The van der Waals surface area contributed by atoms with Crippen molar-refractivity contribution in [1.29, 1.82) is 5.26 Å². The van der Waals surface area contributed by atoms with Gasteiger partial charge in [-0.25, -0.2) is 4.39 Å². The molecule has 5 heteroatoms. The van der Waals surface area contributed by atoms with Gasteiger partial charge in [0.1, 0.15) is 11.9 Å². The van der Waals surface area contributed by atoms with Gasteiger partial charge in [0.05, 0.1) is 10.6 Å². The Hall–Kier alpha value is -1.70. The third-order valence-electron chi connectivity index (χ3n) is 2.57. The first-order valence-electron chi connectivity index (χ1n) is 5.47. The summed E-state index contributed by atoms with van der Waals surface area (Å²) in [6.07, 6.45) is 0. The first-order chi connectivity index (χ1) is 9.13. The number of nitriles is 1. The Morgan fingerprint density at radius 1 is 1.26 bits per heavy atom. The molecule has 2 nitrogen and oxygen atoms in total. The monoisotopic (exact) mass is 292 g/mol. The van der Waals surface area contributed by atoms with Gasteiger partial charge in [0.2, 0.25) is 0 Å². The Morgan fingerprint density at radius 3 is 2.68 bits per heavy atom. The molecule has 0 aromatic heterocycles. The van der Waals surface area contributed by atoms with Crippen LogP contribution in [0, 0.1) is 17.1 Å². The summed E-state index contributed by atoms with van der Waals surface area (Å²) in [6.45, 7) is 0. The molecule has 0 bridgehead atoms. The fourth-order valence-electron chi connectivity index (χ4n) is 1.61. The summed E-state index contributed by atoms with van der Waals surface area (Å²) in [6, 6.07) is 11.8. The van der Waals surface area contributed by atoms with Crippen LogP contribution in [0.15, 0.2) is 41.3 Å². The molecule has 0 aliphatic rings. The summed E-state index contributed by atoms with van der Waals surface area (Å²) in [4.78, 5) is 0.728. The number of hydrogen-bond acceptors (Lipinski definition) is 3. The second-order valence-electron chi connectivity index (χ2n) is 3.84. The topological polar surface area (TPSA) is 49.8 Å². The lowest BCUT2D eigenvalue weighted by molar-refractivity contribution is 0.613. The largest absolute Gasteiger partial charge is 0.398 e. The van der Waals surface area contributed by atoms with E-state index in [1.165, 1.54) is 17.8 Å². The molecular formula is C14H10ClFN2S. The number of anilines is 1. The highest BCUT2D eigenvalue weighted by molar-refractivity contribution is 7.98. The van der Waals surface area contributed by atoms with Crippen LogP contribution >= 0.6 is 23.4 Å². The molecule has 96 valence electrons. The van der Waals surface area contributed by atoms with E-state index in [2.05, 4.69) is 0 Å². The van der Waals surface area contributed by atoms with Gasteiger partial charge in [-0.15, -0.1) is 11.8 Å². The molecule has 0 amide bonds. The van der Waals surface area contributed by atoms with Gasteiger partial charge in [-0.3, -0.25) is 0 Å². The first-order valence-corrected chi connectivity index (χ1v) is 6.84. The van der Waals surface area contributed by atoms with Crippen LogP contribution in [0.3, 0.4) is 0 Å². The van der Waals surface area contributed by atoms with Crippen LogP contribution in [0.2, 0.25) is 5.02 Å². The van der Waals surface area contributed by atoms with Crippen molar-refractivity contribution >= 4 is 29.1 Å². The van der Waals surface area contributed by atoms with Crippen molar-refractivity contribution in [2.24, 2.45) is 0 Å². The van der Waals surface area contributed by atoms with Crippen LogP contribution in [0.25, 0.3) is 0 Å². The summed E-state index contributed by atoms with van der Waals surface area (Å²) in [5.41, 5.74) is 6.90. The van der Waals surface area contributed by atoms with Crippen molar-refractivity contribution < 1.29 is 4.39 Å². The van der Waals surface area contributed by atoms with Crippen molar-refractivity contribution in [2.45, 2.75) is 10.6 Å². The third-order valence-corrected chi connectivity index (χ3v) is 4.20. The van der Waals surface area contributed by atoms with E-state index < -0.39 is 5.82 Å². The third kappa shape index (κ3) is 3.01. The van der Waals surface area contributed by atoms with Crippen LogP contribution in [-0.4, -0.2) is 0 Å². The van der Waals surface area contributed by atoms with Gasteiger partial charge in [-0.2, -0.15) is 5.26 Å². The normalized spacial score (nSPS) is 10.2. The summed E-state index contributed by atoms with van der Waals surface area (Å²) in [5, 5.41) is 9.32. The van der Waals surface area contributed by atoms with E-state index in [4.69, 9.17) is 22.6 Å². The fourth-order valence-corrected chi connectivity index (χ4v) is 2.91. The molecule has 0 radical (unpaired) electrons. The van der Waals surface area contributed by atoms with Crippen molar-refractivity contribution in [1.82, 2.24) is 0 Å². The zero-order chi connectivity index (χ0) is 13.8. The SMILES string of the molecule is N#Cc1cccc(CSc2c(N)cccc2Cl)c1F. The van der Waals surface area contributed by atoms with Crippen LogP contribution in [-0.2, 0) is 5.75 Å². The van der Waals surface area contributed by atoms with Gasteiger partial charge in [-0.1, -0.05) is 29.8 Å². The molecule has 0 saturated heterocycles. The summed E-state index contributed by atoms with van der Waals surface area (Å²) in [5.74, 6) is -0.113. The Labute approximate surface area is 120 Å². The Balaban J connectivity index is 2.22. The van der Waals surface area contributed by atoms with E-state index in [0.717, 1.165) is 4.90 Å². The van der Waals surface area contributed by atoms with Gasteiger partial charge in [0.25, 0.3) is 0 Å². The van der Waals surface area contributed by atoms with Crippen molar-refractivity contribution in [2.75, 3.05) is 5.73 Å². The van der Waals surface area contributed by atoms with Gasteiger partial charge in [0, 0.05) is 16.3 Å². The molecule has 19 heavy (non-hydrogen) atoms. The van der Waals surface area contributed by atoms with Crippen LogP contribution < -0.4 is 5.73 Å². The Bertz CT molecular complexity index is 632. The predicted octanol–water partition coefficient (Wildman–Crippen LogP) is 4.23. The van der Waals surface area contributed by atoms with E-state index in [0.29, 0.717) is 22.0 Å². The van der Waals surface area contributed by atoms with E-state index in [9.17, 15) is 4.39 Å². The molecule has 2 aromatic carbocycles. The minimum Gasteiger partial charge on any atom is -0.398 e. The first kappa shape index (κ1) is 13.7. The van der Waals surface area contributed by atoms with Gasteiger partial charge in [-0.05, 0) is 23.8 Å². The molecule has 0 unspecified atom stereocenters. The number of halogens is 2. The van der Waals surface area contributed by atoms with Crippen LogP contribution in [0.1, 0.15) is 11.1 Å². The van der Waals surface area contributed by atoms with Gasteiger partial charge >= 0.3 is 0 Å². The Morgan fingerprint density at radius 2 is 2.00 bits per heavy atom. The van der Waals surface area contributed by atoms with Gasteiger partial charge < -0.3 is 5.73 Å². The van der Waals surface area contributed by atoms with E-state index in [-0.39, 0.29) is 5.56 Å². The molecule has 0 aliphatic carbocycles. The molecule has 0 atom stereocenters. The molecule has 0 fully saturated rings. The van der Waals surface area contributed by atoms with E-state index >= 15 is 0 Å². The maximum atomic E-state index is 13.9. The maximum absolute atomic E-state index is 13.9. The molecule has 0 heterocycles. The van der Waals surface area contributed by atoms with Gasteiger partial charge in [0.15, 0.2) is 0 Å². The number of rotatable bonds is 3. The minimum atomic E-state index is -0.483. The maximum Gasteiger partial charge on any atom is 0.144 e. The van der Waals surface area contributed by atoms with E-state index in [1.54, 1.807) is 30.3 Å². The fraction of sp³-hybridized carbons (Fsp3) is 0.0714. The molecule has 0 aliphatic heterocycles.